The minimum atomic E-state index is -0.213. The molecule has 0 fully saturated rings. The van der Waals surface area contributed by atoms with Crippen LogP contribution in [0.2, 0.25) is 0 Å². The van der Waals surface area contributed by atoms with E-state index in [9.17, 15) is 4.79 Å². The van der Waals surface area contributed by atoms with Gasteiger partial charge in [0.05, 0.1) is 17.8 Å². The molecule has 0 aliphatic carbocycles. The Bertz CT molecular complexity index is 862. The van der Waals surface area contributed by atoms with Gasteiger partial charge in [0, 0.05) is 35.7 Å². The standard InChI is InChI=1S/C19H19N3O2S/c1-13-18(14-6-4-3-5-7-14)22-17(25-13)9-11-21-19(23)16-12-15(24-2)8-10-20-16/h3-8,10,12H,9,11H2,1-2H3,(H,21,23). The fourth-order valence-corrected chi connectivity index (χ4v) is 3.41. The van der Waals surface area contributed by atoms with Gasteiger partial charge in [0.1, 0.15) is 11.4 Å². The van der Waals surface area contributed by atoms with Gasteiger partial charge in [-0.15, -0.1) is 11.3 Å². The summed E-state index contributed by atoms with van der Waals surface area (Å²) >= 11 is 1.66. The van der Waals surface area contributed by atoms with Crippen LogP contribution in [-0.2, 0) is 6.42 Å². The zero-order valence-corrected chi connectivity index (χ0v) is 15.0. The van der Waals surface area contributed by atoms with E-state index in [2.05, 4.69) is 29.4 Å². The zero-order chi connectivity index (χ0) is 17.6. The molecule has 0 spiro atoms. The molecule has 2 heterocycles. The lowest BCUT2D eigenvalue weighted by molar-refractivity contribution is 0.0949. The lowest BCUT2D eigenvalue weighted by Crippen LogP contribution is -2.26. The van der Waals surface area contributed by atoms with Crippen LogP contribution in [0.1, 0.15) is 20.4 Å². The Balaban J connectivity index is 1.60. The Morgan fingerprint density at radius 2 is 2.04 bits per heavy atom. The van der Waals surface area contributed by atoms with Gasteiger partial charge in [0.25, 0.3) is 5.91 Å². The number of amides is 1. The molecule has 128 valence electrons. The molecule has 0 radical (unpaired) electrons. The number of thiazole rings is 1. The SMILES string of the molecule is COc1ccnc(C(=O)NCCc2nc(-c3ccccc3)c(C)s2)c1. The second kappa shape index (κ2) is 7.90. The van der Waals surface area contributed by atoms with Crippen molar-refractivity contribution in [1.29, 1.82) is 0 Å². The second-order valence-electron chi connectivity index (χ2n) is 5.47. The highest BCUT2D eigenvalue weighted by Crippen LogP contribution is 2.27. The molecule has 0 unspecified atom stereocenters. The van der Waals surface area contributed by atoms with Crippen LogP contribution in [0.5, 0.6) is 5.75 Å². The highest BCUT2D eigenvalue weighted by Gasteiger charge is 2.11. The molecule has 0 bridgehead atoms. The summed E-state index contributed by atoms with van der Waals surface area (Å²) in [6.07, 6.45) is 2.25. The van der Waals surface area contributed by atoms with E-state index in [0.717, 1.165) is 16.3 Å². The third kappa shape index (κ3) is 4.22. The Morgan fingerprint density at radius 3 is 2.80 bits per heavy atom. The van der Waals surface area contributed by atoms with Crippen molar-refractivity contribution in [3.8, 4) is 17.0 Å². The number of carbonyl (C=O) groups is 1. The molecule has 6 heteroatoms. The molecule has 3 rings (SSSR count). The highest BCUT2D eigenvalue weighted by molar-refractivity contribution is 7.12. The van der Waals surface area contributed by atoms with Crippen LogP contribution in [-0.4, -0.2) is 29.5 Å². The van der Waals surface area contributed by atoms with Crippen LogP contribution in [0, 0.1) is 6.92 Å². The van der Waals surface area contributed by atoms with Crippen LogP contribution in [0.15, 0.2) is 48.7 Å². The molecule has 0 aliphatic heterocycles. The number of nitrogens with one attached hydrogen (secondary N) is 1. The number of ether oxygens (including phenoxy) is 1. The number of nitrogens with zero attached hydrogens (tertiary/aromatic N) is 2. The summed E-state index contributed by atoms with van der Waals surface area (Å²) in [7, 11) is 1.56. The number of pyridine rings is 1. The molecule has 0 atom stereocenters. The Hall–Kier alpha value is -2.73. The van der Waals surface area contributed by atoms with Crippen molar-refractivity contribution >= 4 is 17.2 Å². The minimum absolute atomic E-state index is 0.213. The van der Waals surface area contributed by atoms with E-state index in [1.807, 2.05) is 18.2 Å². The maximum absolute atomic E-state index is 12.2. The smallest absolute Gasteiger partial charge is 0.270 e. The molecule has 0 saturated heterocycles. The Morgan fingerprint density at radius 1 is 1.24 bits per heavy atom. The molecule has 1 amide bonds. The number of hydrogen-bond donors (Lipinski definition) is 1. The van der Waals surface area contributed by atoms with Crippen LogP contribution in [0.25, 0.3) is 11.3 Å². The number of rotatable bonds is 6. The molecule has 25 heavy (non-hydrogen) atoms. The predicted octanol–water partition coefficient (Wildman–Crippen LogP) is 3.49. The second-order valence-corrected chi connectivity index (χ2v) is 6.75. The Kier molecular flexibility index (Phi) is 5.40. The number of aryl methyl sites for hydroxylation is 1. The van der Waals surface area contributed by atoms with Crippen molar-refractivity contribution < 1.29 is 9.53 Å². The Labute approximate surface area is 150 Å². The average molecular weight is 353 g/mol. The lowest BCUT2D eigenvalue weighted by Gasteiger charge is -2.05. The first-order valence-corrected chi connectivity index (χ1v) is 8.79. The van der Waals surface area contributed by atoms with Crippen molar-refractivity contribution in [2.75, 3.05) is 13.7 Å². The van der Waals surface area contributed by atoms with E-state index in [-0.39, 0.29) is 5.91 Å². The zero-order valence-electron chi connectivity index (χ0n) is 14.2. The van der Waals surface area contributed by atoms with Crippen LogP contribution >= 0.6 is 11.3 Å². The number of carbonyl (C=O) groups excluding carboxylic acids is 1. The van der Waals surface area contributed by atoms with Gasteiger partial charge < -0.3 is 10.1 Å². The van der Waals surface area contributed by atoms with E-state index in [0.29, 0.717) is 24.4 Å². The van der Waals surface area contributed by atoms with Gasteiger partial charge in [-0.1, -0.05) is 30.3 Å². The number of methoxy groups -OCH3 is 1. The highest BCUT2D eigenvalue weighted by atomic mass is 32.1. The van der Waals surface area contributed by atoms with E-state index >= 15 is 0 Å². The fourth-order valence-electron chi connectivity index (χ4n) is 2.46. The summed E-state index contributed by atoms with van der Waals surface area (Å²) < 4.78 is 5.11. The van der Waals surface area contributed by atoms with Crippen molar-refractivity contribution in [3.05, 3.63) is 64.2 Å². The minimum Gasteiger partial charge on any atom is -0.497 e. The molecule has 0 aliphatic rings. The van der Waals surface area contributed by atoms with Crippen molar-refractivity contribution in [2.24, 2.45) is 0 Å². The first kappa shape index (κ1) is 17.1. The summed E-state index contributed by atoms with van der Waals surface area (Å²) in [5.74, 6) is 0.402. The molecule has 0 saturated carbocycles. The van der Waals surface area contributed by atoms with E-state index in [1.54, 1.807) is 36.8 Å². The van der Waals surface area contributed by atoms with Gasteiger partial charge in [0.2, 0.25) is 0 Å². The summed E-state index contributed by atoms with van der Waals surface area (Å²) in [6, 6.07) is 13.5. The quantitative estimate of drug-likeness (QED) is 0.737. The molecular weight excluding hydrogens is 334 g/mol. The summed E-state index contributed by atoms with van der Waals surface area (Å²) in [6.45, 7) is 2.58. The van der Waals surface area contributed by atoms with E-state index < -0.39 is 0 Å². The van der Waals surface area contributed by atoms with Gasteiger partial charge in [-0.2, -0.15) is 0 Å². The third-order valence-electron chi connectivity index (χ3n) is 3.71. The molecule has 3 aromatic rings. The molecule has 1 N–H and O–H groups in total. The maximum atomic E-state index is 12.2. The third-order valence-corrected chi connectivity index (χ3v) is 4.74. The largest absolute Gasteiger partial charge is 0.497 e. The van der Waals surface area contributed by atoms with Gasteiger partial charge in [0.15, 0.2) is 0 Å². The summed E-state index contributed by atoms with van der Waals surface area (Å²) in [5, 5.41) is 3.89. The van der Waals surface area contributed by atoms with Crippen LogP contribution < -0.4 is 10.1 Å². The van der Waals surface area contributed by atoms with E-state index in [4.69, 9.17) is 9.72 Å². The van der Waals surface area contributed by atoms with Crippen molar-refractivity contribution in [1.82, 2.24) is 15.3 Å². The lowest BCUT2D eigenvalue weighted by atomic mass is 10.1. The number of hydrogen-bond acceptors (Lipinski definition) is 5. The number of aromatic nitrogens is 2. The molecule has 5 nitrogen and oxygen atoms in total. The van der Waals surface area contributed by atoms with Gasteiger partial charge in [-0.25, -0.2) is 4.98 Å². The van der Waals surface area contributed by atoms with E-state index in [1.165, 1.54) is 4.88 Å². The fraction of sp³-hybridized carbons (Fsp3) is 0.211. The van der Waals surface area contributed by atoms with Gasteiger partial charge >= 0.3 is 0 Å². The van der Waals surface area contributed by atoms with Crippen LogP contribution in [0.3, 0.4) is 0 Å². The molecule has 2 aromatic heterocycles. The average Bonchev–Trinajstić information content (AvgIpc) is 3.03. The van der Waals surface area contributed by atoms with Gasteiger partial charge in [-0.05, 0) is 13.0 Å². The van der Waals surface area contributed by atoms with Crippen molar-refractivity contribution in [2.45, 2.75) is 13.3 Å². The predicted molar refractivity (Wildman–Crippen MR) is 99.1 cm³/mol. The summed E-state index contributed by atoms with van der Waals surface area (Å²) in [5.41, 5.74) is 2.48. The molecular formula is C19H19N3O2S. The topological polar surface area (TPSA) is 64.1 Å². The normalized spacial score (nSPS) is 10.5. The van der Waals surface area contributed by atoms with Crippen molar-refractivity contribution in [3.63, 3.8) is 0 Å². The number of benzene rings is 1. The van der Waals surface area contributed by atoms with Gasteiger partial charge in [-0.3, -0.25) is 9.78 Å². The van der Waals surface area contributed by atoms with Crippen LogP contribution in [0.4, 0.5) is 0 Å². The first-order valence-electron chi connectivity index (χ1n) is 7.97. The first-order chi connectivity index (χ1) is 12.2. The molecule has 1 aromatic carbocycles. The monoisotopic (exact) mass is 353 g/mol. The maximum Gasteiger partial charge on any atom is 0.270 e. The summed E-state index contributed by atoms with van der Waals surface area (Å²) in [4.78, 5) is 22.1.